The SMILES string of the molecule is Cn1c(=NC(=O)c2ccc(S(=O)(=O)N3CCCc4ccccc43)cc2)sc2cccc(Cl)c21. The van der Waals surface area contributed by atoms with Crippen LogP contribution in [0.3, 0.4) is 0 Å². The summed E-state index contributed by atoms with van der Waals surface area (Å²) in [7, 11) is -1.92. The third-order valence-corrected chi connectivity index (χ3v) is 8.96. The Kier molecular flexibility index (Phi) is 5.60. The molecule has 0 aliphatic carbocycles. The van der Waals surface area contributed by atoms with Crippen LogP contribution < -0.4 is 9.11 Å². The van der Waals surface area contributed by atoms with Gasteiger partial charge < -0.3 is 4.57 Å². The molecule has 1 aliphatic heterocycles. The number of aromatic nitrogens is 1. The van der Waals surface area contributed by atoms with E-state index in [1.165, 1.54) is 39.9 Å². The number of benzene rings is 3. The molecule has 6 nitrogen and oxygen atoms in total. The van der Waals surface area contributed by atoms with Crippen LogP contribution in [-0.2, 0) is 23.5 Å². The number of carbonyl (C=O) groups excluding carboxylic acids is 1. The molecule has 9 heteroatoms. The van der Waals surface area contributed by atoms with Gasteiger partial charge in [-0.05, 0) is 60.9 Å². The van der Waals surface area contributed by atoms with Gasteiger partial charge in [-0.25, -0.2) is 8.42 Å². The van der Waals surface area contributed by atoms with Crippen molar-refractivity contribution in [2.45, 2.75) is 17.7 Å². The highest BCUT2D eigenvalue weighted by Gasteiger charge is 2.29. The molecule has 0 atom stereocenters. The first-order valence-corrected chi connectivity index (χ1v) is 13.0. The van der Waals surface area contributed by atoms with Crippen LogP contribution in [0.2, 0.25) is 5.02 Å². The lowest BCUT2D eigenvalue weighted by Gasteiger charge is -2.30. The van der Waals surface area contributed by atoms with Crippen LogP contribution in [0.1, 0.15) is 22.3 Å². The van der Waals surface area contributed by atoms with E-state index in [4.69, 9.17) is 11.6 Å². The molecule has 4 aromatic rings. The van der Waals surface area contributed by atoms with Gasteiger partial charge in [0.2, 0.25) is 0 Å². The second-order valence-electron chi connectivity index (χ2n) is 7.78. The Morgan fingerprint density at radius 1 is 1.03 bits per heavy atom. The molecular weight excluding hydrogens is 478 g/mol. The lowest BCUT2D eigenvalue weighted by molar-refractivity contribution is 0.0998. The Balaban J connectivity index is 1.46. The lowest BCUT2D eigenvalue weighted by Crippen LogP contribution is -2.35. The quantitative estimate of drug-likeness (QED) is 0.409. The van der Waals surface area contributed by atoms with E-state index in [1.54, 1.807) is 10.6 Å². The third kappa shape index (κ3) is 3.88. The van der Waals surface area contributed by atoms with Gasteiger partial charge in [-0.3, -0.25) is 9.10 Å². The highest BCUT2D eigenvalue weighted by atomic mass is 35.5. The summed E-state index contributed by atoms with van der Waals surface area (Å²) in [5.41, 5.74) is 2.87. The molecule has 0 fully saturated rings. The van der Waals surface area contributed by atoms with E-state index >= 15 is 0 Å². The van der Waals surface area contributed by atoms with Gasteiger partial charge in [-0.1, -0.05) is 47.2 Å². The van der Waals surface area contributed by atoms with Crippen molar-refractivity contribution in [3.05, 3.63) is 87.7 Å². The normalized spacial score (nSPS) is 14.5. The Labute approximate surface area is 200 Å². The van der Waals surface area contributed by atoms with Crippen molar-refractivity contribution in [1.29, 1.82) is 0 Å². The van der Waals surface area contributed by atoms with E-state index in [0.29, 0.717) is 21.9 Å². The molecule has 1 amide bonds. The fourth-order valence-electron chi connectivity index (χ4n) is 4.06. The number of hydrogen-bond donors (Lipinski definition) is 0. The van der Waals surface area contributed by atoms with Crippen molar-refractivity contribution in [2.24, 2.45) is 12.0 Å². The molecular formula is C24H20ClN3O3S2. The molecule has 5 rings (SSSR count). The number of hydrogen-bond acceptors (Lipinski definition) is 4. The lowest BCUT2D eigenvalue weighted by atomic mass is 10.0. The second-order valence-corrected chi connectivity index (χ2v) is 11.1. The third-order valence-electron chi connectivity index (χ3n) is 5.73. The number of thiazole rings is 1. The predicted molar refractivity (Wildman–Crippen MR) is 131 cm³/mol. The van der Waals surface area contributed by atoms with Gasteiger partial charge in [0, 0.05) is 19.2 Å². The largest absolute Gasteiger partial charge is 0.318 e. The van der Waals surface area contributed by atoms with E-state index in [1.807, 2.05) is 43.4 Å². The van der Waals surface area contributed by atoms with Gasteiger partial charge in [-0.15, -0.1) is 0 Å². The number of amides is 1. The maximum atomic E-state index is 13.3. The van der Waals surface area contributed by atoms with Gasteiger partial charge >= 0.3 is 0 Å². The Morgan fingerprint density at radius 3 is 2.55 bits per heavy atom. The molecule has 0 saturated carbocycles. The summed E-state index contributed by atoms with van der Waals surface area (Å²) in [4.78, 5) is 17.7. The monoisotopic (exact) mass is 497 g/mol. The first kappa shape index (κ1) is 21.9. The van der Waals surface area contributed by atoms with Crippen molar-refractivity contribution < 1.29 is 13.2 Å². The number of halogens is 1. The molecule has 0 radical (unpaired) electrons. The summed E-state index contributed by atoms with van der Waals surface area (Å²) in [6, 6.07) is 19.1. The predicted octanol–water partition coefficient (Wildman–Crippen LogP) is 4.78. The molecule has 0 N–H and O–H groups in total. The highest BCUT2D eigenvalue weighted by Crippen LogP contribution is 2.32. The number of aryl methyl sites for hydroxylation is 2. The van der Waals surface area contributed by atoms with E-state index in [2.05, 4.69) is 4.99 Å². The summed E-state index contributed by atoms with van der Waals surface area (Å²) in [5.74, 6) is -0.444. The summed E-state index contributed by atoms with van der Waals surface area (Å²) >= 11 is 7.65. The molecule has 0 bridgehead atoms. The topological polar surface area (TPSA) is 71.7 Å². The first-order chi connectivity index (χ1) is 15.9. The van der Waals surface area contributed by atoms with E-state index < -0.39 is 15.9 Å². The average molecular weight is 498 g/mol. The summed E-state index contributed by atoms with van der Waals surface area (Å²) < 4.78 is 30.8. The smallest absolute Gasteiger partial charge is 0.279 e. The van der Waals surface area contributed by atoms with Crippen LogP contribution in [0.5, 0.6) is 0 Å². The van der Waals surface area contributed by atoms with Crippen LogP contribution >= 0.6 is 22.9 Å². The molecule has 1 aromatic heterocycles. The minimum absolute atomic E-state index is 0.148. The van der Waals surface area contributed by atoms with Crippen molar-refractivity contribution >= 4 is 54.8 Å². The van der Waals surface area contributed by atoms with Crippen molar-refractivity contribution in [3.8, 4) is 0 Å². The van der Waals surface area contributed by atoms with Gasteiger partial charge in [0.05, 0.1) is 25.8 Å². The molecule has 0 spiro atoms. The van der Waals surface area contributed by atoms with Crippen molar-refractivity contribution in [3.63, 3.8) is 0 Å². The van der Waals surface area contributed by atoms with Crippen LogP contribution in [0.4, 0.5) is 5.69 Å². The fourth-order valence-corrected chi connectivity index (χ4v) is 7.00. The van der Waals surface area contributed by atoms with E-state index in [-0.39, 0.29) is 4.90 Å². The fraction of sp³-hybridized carbons (Fsp3) is 0.167. The molecule has 0 unspecified atom stereocenters. The van der Waals surface area contributed by atoms with Gasteiger partial charge in [0.15, 0.2) is 4.80 Å². The maximum absolute atomic E-state index is 13.3. The minimum atomic E-state index is -3.73. The van der Waals surface area contributed by atoms with Crippen molar-refractivity contribution in [2.75, 3.05) is 10.8 Å². The molecule has 1 aliphatic rings. The molecule has 2 heterocycles. The summed E-state index contributed by atoms with van der Waals surface area (Å²) in [6.45, 7) is 0.431. The molecule has 0 saturated heterocycles. The van der Waals surface area contributed by atoms with Crippen molar-refractivity contribution in [1.82, 2.24) is 4.57 Å². The minimum Gasteiger partial charge on any atom is -0.318 e. The Hall–Kier alpha value is -2.94. The number of rotatable bonds is 3. The van der Waals surface area contributed by atoms with Gasteiger partial charge in [0.1, 0.15) is 0 Å². The van der Waals surface area contributed by atoms with E-state index in [9.17, 15) is 13.2 Å². The highest BCUT2D eigenvalue weighted by molar-refractivity contribution is 7.92. The molecule has 33 heavy (non-hydrogen) atoms. The zero-order valence-corrected chi connectivity index (χ0v) is 20.1. The standard InChI is InChI=1S/C24H20ClN3O3S2/c1-27-22-19(25)8-4-10-21(22)32-24(27)26-23(29)17-11-13-18(14-12-17)33(30,31)28-15-5-7-16-6-2-3-9-20(16)28/h2-4,6,8-14H,5,7,15H2,1H3. The molecule has 168 valence electrons. The van der Waals surface area contributed by atoms with Crippen LogP contribution in [0.25, 0.3) is 10.2 Å². The van der Waals surface area contributed by atoms with Crippen LogP contribution in [0.15, 0.2) is 76.6 Å². The zero-order chi connectivity index (χ0) is 23.2. The average Bonchev–Trinajstić information content (AvgIpc) is 3.14. The number of sulfonamides is 1. The number of para-hydroxylation sites is 2. The van der Waals surface area contributed by atoms with Gasteiger partial charge in [-0.2, -0.15) is 4.99 Å². The number of carbonyl (C=O) groups is 1. The molecule has 3 aromatic carbocycles. The zero-order valence-electron chi connectivity index (χ0n) is 17.7. The summed E-state index contributed by atoms with van der Waals surface area (Å²) in [5, 5.41) is 0.592. The van der Waals surface area contributed by atoms with Gasteiger partial charge in [0.25, 0.3) is 15.9 Å². The maximum Gasteiger partial charge on any atom is 0.279 e. The van der Waals surface area contributed by atoms with Crippen LogP contribution in [0, 0.1) is 0 Å². The van der Waals surface area contributed by atoms with Crippen LogP contribution in [-0.4, -0.2) is 25.4 Å². The van der Waals surface area contributed by atoms with E-state index in [0.717, 1.165) is 34.3 Å². The second kappa shape index (κ2) is 8.44. The Morgan fingerprint density at radius 2 is 1.79 bits per heavy atom. The number of fused-ring (bicyclic) bond motifs is 2. The summed E-state index contributed by atoms with van der Waals surface area (Å²) in [6.07, 6.45) is 1.62. The Bertz CT molecular complexity index is 1550. The number of nitrogens with zero attached hydrogens (tertiary/aromatic N) is 3. The number of anilines is 1. The first-order valence-electron chi connectivity index (χ1n) is 10.4.